The standard InChI is InChI=1S/C16H20N4S/c1-10(2)20-15(13-8-7-11(3)18-13)14(19-16(20)21)12-6-4-5-9-17-12/h4-10,14-15,18H,1-3H3,(H,19,21)/t14-,15-/m0/s1. The van der Waals surface area contributed by atoms with E-state index in [1.54, 1.807) is 0 Å². The molecular formula is C16H20N4S. The Bertz CT molecular complexity index is 635. The molecule has 0 bridgehead atoms. The topological polar surface area (TPSA) is 44.0 Å². The van der Waals surface area contributed by atoms with Crippen LogP contribution in [0.5, 0.6) is 0 Å². The van der Waals surface area contributed by atoms with E-state index in [2.05, 4.69) is 53.1 Å². The van der Waals surface area contributed by atoms with E-state index in [0.717, 1.165) is 16.5 Å². The van der Waals surface area contributed by atoms with Crippen molar-refractivity contribution in [1.82, 2.24) is 20.2 Å². The molecule has 21 heavy (non-hydrogen) atoms. The Labute approximate surface area is 130 Å². The van der Waals surface area contributed by atoms with Crippen LogP contribution in [0.25, 0.3) is 0 Å². The van der Waals surface area contributed by atoms with Gasteiger partial charge < -0.3 is 15.2 Å². The average molecular weight is 300 g/mol. The minimum absolute atomic E-state index is 0.0687. The highest BCUT2D eigenvalue weighted by molar-refractivity contribution is 7.80. The molecule has 2 aromatic rings. The van der Waals surface area contributed by atoms with E-state index in [-0.39, 0.29) is 12.1 Å². The van der Waals surface area contributed by atoms with Crippen LogP contribution in [0.1, 0.15) is 43.0 Å². The zero-order chi connectivity index (χ0) is 15.0. The molecule has 0 unspecified atom stereocenters. The van der Waals surface area contributed by atoms with Crippen molar-refractivity contribution in [3.8, 4) is 0 Å². The largest absolute Gasteiger partial charge is 0.361 e. The molecule has 3 heterocycles. The number of hydrogen-bond donors (Lipinski definition) is 2. The predicted octanol–water partition coefficient (Wildman–Crippen LogP) is 3.10. The molecule has 5 heteroatoms. The molecule has 2 N–H and O–H groups in total. The van der Waals surface area contributed by atoms with Gasteiger partial charge in [0.05, 0.1) is 17.8 Å². The van der Waals surface area contributed by atoms with E-state index in [9.17, 15) is 0 Å². The van der Waals surface area contributed by atoms with Crippen LogP contribution < -0.4 is 5.32 Å². The Kier molecular flexibility index (Phi) is 3.68. The molecule has 110 valence electrons. The average Bonchev–Trinajstić information content (AvgIpc) is 3.03. The first kappa shape index (κ1) is 14.1. The van der Waals surface area contributed by atoms with Crippen molar-refractivity contribution >= 4 is 17.3 Å². The third kappa shape index (κ3) is 2.53. The Morgan fingerprint density at radius 3 is 2.62 bits per heavy atom. The normalized spacial score (nSPS) is 21.9. The number of nitrogens with one attached hydrogen (secondary N) is 2. The van der Waals surface area contributed by atoms with Gasteiger partial charge >= 0.3 is 0 Å². The zero-order valence-electron chi connectivity index (χ0n) is 12.5. The monoisotopic (exact) mass is 300 g/mol. The number of H-pyrrole nitrogens is 1. The molecule has 2 atom stereocenters. The third-order valence-corrected chi connectivity index (χ3v) is 4.19. The first-order chi connectivity index (χ1) is 10.1. The summed E-state index contributed by atoms with van der Waals surface area (Å²) in [4.78, 5) is 10.2. The molecular weight excluding hydrogens is 280 g/mol. The van der Waals surface area contributed by atoms with Gasteiger partial charge in [0.15, 0.2) is 5.11 Å². The van der Waals surface area contributed by atoms with Gasteiger partial charge in [0.1, 0.15) is 0 Å². The Balaban J connectivity index is 2.05. The Morgan fingerprint density at radius 1 is 1.24 bits per heavy atom. The third-order valence-electron chi connectivity index (χ3n) is 3.86. The number of rotatable bonds is 3. The van der Waals surface area contributed by atoms with E-state index < -0.39 is 0 Å². The Morgan fingerprint density at radius 2 is 2.05 bits per heavy atom. The van der Waals surface area contributed by atoms with Gasteiger partial charge in [-0.3, -0.25) is 4.98 Å². The van der Waals surface area contributed by atoms with Crippen molar-refractivity contribution in [3.05, 3.63) is 53.6 Å². The molecule has 0 spiro atoms. The predicted molar refractivity (Wildman–Crippen MR) is 88.0 cm³/mol. The minimum atomic E-state index is 0.0687. The molecule has 0 amide bonds. The summed E-state index contributed by atoms with van der Waals surface area (Å²) in [7, 11) is 0. The quantitative estimate of drug-likeness (QED) is 0.855. The van der Waals surface area contributed by atoms with Gasteiger partial charge in [0, 0.05) is 23.6 Å². The molecule has 1 saturated heterocycles. The van der Waals surface area contributed by atoms with Crippen LogP contribution in [-0.4, -0.2) is 26.0 Å². The number of thiocarbonyl (C=S) groups is 1. The van der Waals surface area contributed by atoms with E-state index in [0.29, 0.717) is 6.04 Å². The SMILES string of the molecule is Cc1ccc([C@H]2[C@H](c3ccccn3)NC(=S)N2C(C)C)[nH]1. The molecule has 0 saturated carbocycles. The maximum Gasteiger partial charge on any atom is 0.170 e. The van der Waals surface area contributed by atoms with Crippen LogP contribution in [0.3, 0.4) is 0 Å². The molecule has 4 nitrogen and oxygen atoms in total. The highest BCUT2D eigenvalue weighted by Gasteiger charge is 2.41. The lowest BCUT2D eigenvalue weighted by Crippen LogP contribution is -2.35. The summed E-state index contributed by atoms with van der Waals surface area (Å²) in [6.07, 6.45) is 1.83. The van der Waals surface area contributed by atoms with Crippen molar-refractivity contribution in [3.63, 3.8) is 0 Å². The molecule has 1 aliphatic rings. The Hall–Kier alpha value is -1.88. The summed E-state index contributed by atoms with van der Waals surface area (Å²) in [6, 6.07) is 10.8. The smallest absolute Gasteiger partial charge is 0.170 e. The highest BCUT2D eigenvalue weighted by atomic mass is 32.1. The molecule has 2 aromatic heterocycles. The molecule has 1 fully saturated rings. The van der Waals surface area contributed by atoms with Gasteiger partial charge in [-0.2, -0.15) is 0 Å². The lowest BCUT2D eigenvalue weighted by Gasteiger charge is -2.30. The van der Waals surface area contributed by atoms with Gasteiger partial charge in [-0.25, -0.2) is 0 Å². The zero-order valence-corrected chi connectivity index (χ0v) is 13.3. The number of pyridine rings is 1. The number of aromatic nitrogens is 2. The number of aryl methyl sites for hydroxylation is 1. The minimum Gasteiger partial charge on any atom is -0.361 e. The van der Waals surface area contributed by atoms with Crippen molar-refractivity contribution < 1.29 is 0 Å². The van der Waals surface area contributed by atoms with Crippen molar-refractivity contribution in [2.75, 3.05) is 0 Å². The van der Waals surface area contributed by atoms with E-state index in [1.165, 1.54) is 5.69 Å². The van der Waals surface area contributed by atoms with E-state index in [1.807, 2.05) is 24.4 Å². The second-order valence-electron chi connectivity index (χ2n) is 5.72. The van der Waals surface area contributed by atoms with Crippen LogP contribution in [0.4, 0.5) is 0 Å². The van der Waals surface area contributed by atoms with Gasteiger partial charge in [-0.05, 0) is 57.3 Å². The fraction of sp³-hybridized carbons (Fsp3) is 0.375. The number of aromatic amines is 1. The number of hydrogen-bond acceptors (Lipinski definition) is 2. The van der Waals surface area contributed by atoms with Crippen LogP contribution in [0.2, 0.25) is 0 Å². The maximum atomic E-state index is 5.55. The molecule has 1 aliphatic heterocycles. The second kappa shape index (κ2) is 5.48. The summed E-state index contributed by atoms with van der Waals surface area (Å²) in [5.41, 5.74) is 3.34. The lowest BCUT2D eigenvalue weighted by molar-refractivity contribution is 0.265. The molecule has 0 aromatic carbocycles. The summed E-state index contributed by atoms with van der Waals surface area (Å²) >= 11 is 5.55. The van der Waals surface area contributed by atoms with E-state index >= 15 is 0 Å². The summed E-state index contributed by atoms with van der Waals surface area (Å²) in [5, 5.41) is 4.22. The lowest BCUT2D eigenvalue weighted by atomic mass is 10.0. The first-order valence-corrected chi connectivity index (χ1v) is 7.64. The van der Waals surface area contributed by atoms with Gasteiger partial charge in [0.2, 0.25) is 0 Å². The van der Waals surface area contributed by atoms with Crippen LogP contribution in [0, 0.1) is 6.92 Å². The van der Waals surface area contributed by atoms with Crippen LogP contribution in [-0.2, 0) is 0 Å². The van der Waals surface area contributed by atoms with Crippen LogP contribution in [0.15, 0.2) is 36.5 Å². The van der Waals surface area contributed by atoms with Gasteiger partial charge in [-0.1, -0.05) is 6.07 Å². The van der Waals surface area contributed by atoms with Crippen molar-refractivity contribution in [2.24, 2.45) is 0 Å². The van der Waals surface area contributed by atoms with Crippen LogP contribution >= 0.6 is 12.2 Å². The summed E-state index contributed by atoms with van der Waals surface area (Å²) in [6.45, 7) is 6.40. The molecule has 0 aliphatic carbocycles. The summed E-state index contributed by atoms with van der Waals surface area (Å²) < 4.78 is 0. The van der Waals surface area contributed by atoms with E-state index in [4.69, 9.17) is 12.2 Å². The summed E-state index contributed by atoms with van der Waals surface area (Å²) in [5.74, 6) is 0. The first-order valence-electron chi connectivity index (χ1n) is 7.23. The fourth-order valence-corrected chi connectivity index (χ4v) is 3.40. The maximum absolute atomic E-state index is 5.55. The molecule has 0 radical (unpaired) electrons. The second-order valence-corrected chi connectivity index (χ2v) is 6.11. The molecule has 3 rings (SSSR count). The van der Waals surface area contributed by atoms with Gasteiger partial charge in [0.25, 0.3) is 0 Å². The van der Waals surface area contributed by atoms with Crippen molar-refractivity contribution in [2.45, 2.75) is 38.9 Å². The van der Waals surface area contributed by atoms with Gasteiger partial charge in [-0.15, -0.1) is 0 Å². The number of nitrogens with zero attached hydrogens (tertiary/aromatic N) is 2. The van der Waals surface area contributed by atoms with Crippen molar-refractivity contribution in [1.29, 1.82) is 0 Å². The highest BCUT2D eigenvalue weighted by Crippen LogP contribution is 2.39. The fourth-order valence-electron chi connectivity index (χ4n) is 2.95.